The van der Waals surface area contributed by atoms with E-state index in [1.165, 1.54) is 5.56 Å². The summed E-state index contributed by atoms with van der Waals surface area (Å²) in [5.41, 5.74) is 3.32. The van der Waals surface area contributed by atoms with Crippen molar-refractivity contribution in [1.29, 1.82) is 5.41 Å². The maximum Gasteiger partial charge on any atom is 0.133 e. The zero-order chi connectivity index (χ0) is 12.7. The van der Waals surface area contributed by atoms with Crippen molar-refractivity contribution in [2.75, 3.05) is 4.90 Å². The molecule has 3 rings (SSSR count). The van der Waals surface area contributed by atoms with Gasteiger partial charge in [0.2, 0.25) is 0 Å². The Morgan fingerprint density at radius 1 is 1.06 bits per heavy atom. The van der Waals surface area contributed by atoms with Gasteiger partial charge in [-0.15, -0.1) is 0 Å². The minimum Gasteiger partial charge on any atom is -0.319 e. The zero-order valence-electron chi connectivity index (χ0n) is 10.0. The molecule has 1 aliphatic rings. The van der Waals surface area contributed by atoms with Crippen molar-refractivity contribution in [1.82, 2.24) is 0 Å². The number of amidine groups is 1. The lowest BCUT2D eigenvalue weighted by Gasteiger charge is -2.24. The topological polar surface area (TPSA) is 27.1 Å². The van der Waals surface area contributed by atoms with E-state index in [2.05, 4.69) is 33.8 Å². The van der Waals surface area contributed by atoms with Crippen LogP contribution < -0.4 is 4.90 Å². The minimum atomic E-state index is 0.217. The summed E-state index contributed by atoms with van der Waals surface area (Å²) >= 11 is 3.44. The van der Waals surface area contributed by atoms with E-state index in [1.54, 1.807) is 0 Å². The summed E-state index contributed by atoms with van der Waals surface area (Å²) in [6.07, 6.45) is 0. The number of benzene rings is 2. The van der Waals surface area contributed by atoms with Gasteiger partial charge in [0.15, 0.2) is 0 Å². The summed E-state index contributed by atoms with van der Waals surface area (Å²) < 4.78 is 1.06. The Labute approximate surface area is 115 Å². The Hall–Kier alpha value is -1.61. The smallest absolute Gasteiger partial charge is 0.133 e. The van der Waals surface area contributed by atoms with Crippen molar-refractivity contribution in [3.63, 3.8) is 0 Å². The number of hydrogen-bond donors (Lipinski definition) is 1. The fraction of sp³-hybridized carbons (Fsp3) is 0.133. The first kappa shape index (κ1) is 11.5. The van der Waals surface area contributed by atoms with Gasteiger partial charge < -0.3 is 4.90 Å². The first-order valence-electron chi connectivity index (χ1n) is 5.91. The number of fused-ring (bicyclic) bond motifs is 1. The third-order valence-electron chi connectivity index (χ3n) is 3.40. The SMILES string of the molecule is CC1c2ccccc2C(=N)N1c1ccc(Br)cc1. The van der Waals surface area contributed by atoms with Crippen molar-refractivity contribution in [2.45, 2.75) is 13.0 Å². The molecule has 0 spiro atoms. The van der Waals surface area contributed by atoms with Gasteiger partial charge in [0.1, 0.15) is 5.84 Å². The monoisotopic (exact) mass is 300 g/mol. The largest absolute Gasteiger partial charge is 0.319 e. The molecule has 2 aromatic rings. The van der Waals surface area contributed by atoms with Crippen LogP contribution >= 0.6 is 15.9 Å². The summed E-state index contributed by atoms with van der Waals surface area (Å²) in [4.78, 5) is 2.07. The highest BCUT2D eigenvalue weighted by Crippen LogP contribution is 2.37. The molecule has 0 aliphatic carbocycles. The van der Waals surface area contributed by atoms with Gasteiger partial charge in [-0.05, 0) is 36.8 Å². The molecule has 1 unspecified atom stereocenters. The van der Waals surface area contributed by atoms with E-state index >= 15 is 0 Å². The van der Waals surface area contributed by atoms with Crippen LogP contribution in [0.2, 0.25) is 0 Å². The molecule has 1 heterocycles. The average molecular weight is 301 g/mol. The van der Waals surface area contributed by atoms with Crippen LogP contribution in [0.1, 0.15) is 24.1 Å². The fourth-order valence-corrected chi connectivity index (χ4v) is 2.76. The summed E-state index contributed by atoms with van der Waals surface area (Å²) in [7, 11) is 0. The van der Waals surface area contributed by atoms with E-state index in [9.17, 15) is 0 Å². The molecule has 2 aromatic carbocycles. The van der Waals surface area contributed by atoms with Gasteiger partial charge in [0.05, 0.1) is 6.04 Å². The molecule has 0 fully saturated rings. The molecule has 2 nitrogen and oxygen atoms in total. The predicted molar refractivity (Wildman–Crippen MR) is 78.3 cm³/mol. The maximum absolute atomic E-state index is 8.32. The van der Waals surface area contributed by atoms with E-state index in [1.807, 2.05) is 42.5 Å². The van der Waals surface area contributed by atoms with E-state index in [-0.39, 0.29) is 6.04 Å². The van der Waals surface area contributed by atoms with Crippen molar-refractivity contribution in [3.8, 4) is 0 Å². The Kier molecular flexibility index (Phi) is 2.71. The van der Waals surface area contributed by atoms with Gasteiger partial charge in [-0.1, -0.05) is 40.2 Å². The van der Waals surface area contributed by atoms with Crippen molar-refractivity contribution in [2.24, 2.45) is 0 Å². The molecule has 1 N–H and O–H groups in total. The van der Waals surface area contributed by atoms with E-state index in [0.29, 0.717) is 5.84 Å². The van der Waals surface area contributed by atoms with Crippen LogP contribution in [0, 0.1) is 5.41 Å². The van der Waals surface area contributed by atoms with E-state index in [0.717, 1.165) is 15.7 Å². The van der Waals surface area contributed by atoms with Crippen molar-refractivity contribution < 1.29 is 0 Å². The molecular weight excluding hydrogens is 288 g/mol. The molecule has 0 radical (unpaired) electrons. The second-order valence-electron chi connectivity index (χ2n) is 4.46. The lowest BCUT2D eigenvalue weighted by atomic mass is 10.1. The molecule has 18 heavy (non-hydrogen) atoms. The highest BCUT2D eigenvalue weighted by molar-refractivity contribution is 9.10. The lowest BCUT2D eigenvalue weighted by molar-refractivity contribution is 0.819. The van der Waals surface area contributed by atoms with Gasteiger partial charge in [0.25, 0.3) is 0 Å². The van der Waals surface area contributed by atoms with Crippen LogP contribution in [-0.4, -0.2) is 5.84 Å². The fourth-order valence-electron chi connectivity index (χ4n) is 2.49. The van der Waals surface area contributed by atoms with Gasteiger partial charge in [0, 0.05) is 15.7 Å². The minimum absolute atomic E-state index is 0.217. The Morgan fingerprint density at radius 3 is 2.39 bits per heavy atom. The Balaban J connectivity index is 2.06. The molecule has 0 saturated heterocycles. The number of rotatable bonds is 1. The first-order chi connectivity index (χ1) is 8.68. The van der Waals surface area contributed by atoms with Gasteiger partial charge >= 0.3 is 0 Å². The molecule has 90 valence electrons. The molecule has 0 aromatic heterocycles. The number of halogens is 1. The number of nitrogens with one attached hydrogen (secondary N) is 1. The normalized spacial score (nSPS) is 18.0. The van der Waals surface area contributed by atoms with Crippen LogP contribution in [0.3, 0.4) is 0 Å². The molecule has 1 aliphatic heterocycles. The highest BCUT2D eigenvalue weighted by Gasteiger charge is 2.31. The van der Waals surface area contributed by atoms with Crippen LogP contribution in [-0.2, 0) is 0 Å². The third-order valence-corrected chi connectivity index (χ3v) is 3.93. The van der Waals surface area contributed by atoms with E-state index in [4.69, 9.17) is 5.41 Å². The maximum atomic E-state index is 8.32. The number of anilines is 1. The van der Waals surface area contributed by atoms with Gasteiger partial charge in [-0.3, -0.25) is 5.41 Å². The molecule has 0 bridgehead atoms. The first-order valence-corrected chi connectivity index (χ1v) is 6.70. The Bertz CT molecular complexity index is 604. The molecular formula is C15H13BrN2. The third kappa shape index (κ3) is 1.66. The molecule has 1 atom stereocenters. The van der Waals surface area contributed by atoms with Crippen LogP contribution in [0.25, 0.3) is 0 Å². The molecule has 3 heteroatoms. The summed E-state index contributed by atoms with van der Waals surface area (Å²) in [6, 6.07) is 16.5. The van der Waals surface area contributed by atoms with Crippen molar-refractivity contribution >= 4 is 27.5 Å². The number of hydrogen-bond acceptors (Lipinski definition) is 1. The predicted octanol–water partition coefficient (Wildman–Crippen LogP) is 4.36. The van der Waals surface area contributed by atoms with Crippen molar-refractivity contribution in [3.05, 3.63) is 64.1 Å². The highest BCUT2D eigenvalue weighted by atomic mass is 79.9. The Morgan fingerprint density at radius 2 is 1.72 bits per heavy atom. The second kappa shape index (κ2) is 4.25. The van der Waals surface area contributed by atoms with Crippen LogP contribution in [0.4, 0.5) is 5.69 Å². The molecule has 0 saturated carbocycles. The van der Waals surface area contributed by atoms with Gasteiger partial charge in [-0.25, -0.2) is 0 Å². The summed E-state index contributed by atoms with van der Waals surface area (Å²) in [5, 5.41) is 8.32. The molecule has 0 amide bonds. The second-order valence-corrected chi connectivity index (χ2v) is 5.37. The summed E-state index contributed by atoms with van der Waals surface area (Å²) in [5.74, 6) is 0.584. The average Bonchev–Trinajstić information content (AvgIpc) is 2.64. The van der Waals surface area contributed by atoms with Crippen LogP contribution in [0.15, 0.2) is 53.0 Å². The quantitative estimate of drug-likeness (QED) is 0.832. The van der Waals surface area contributed by atoms with Crippen LogP contribution in [0.5, 0.6) is 0 Å². The lowest BCUT2D eigenvalue weighted by Crippen LogP contribution is -2.25. The van der Waals surface area contributed by atoms with E-state index < -0.39 is 0 Å². The zero-order valence-corrected chi connectivity index (χ0v) is 11.6. The van der Waals surface area contributed by atoms with Gasteiger partial charge in [-0.2, -0.15) is 0 Å². The summed E-state index contributed by atoms with van der Waals surface area (Å²) in [6.45, 7) is 2.14. The number of nitrogens with zero attached hydrogens (tertiary/aromatic N) is 1. The standard InChI is InChI=1S/C15H13BrN2/c1-10-13-4-2-3-5-14(13)15(17)18(10)12-8-6-11(16)7-9-12/h2-10,17H,1H3.